The first-order valence-electron chi connectivity index (χ1n) is 33.6. The first-order valence-corrected chi connectivity index (χ1v) is 34.5. The fourth-order valence-corrected chi connectivity index (χ4v) is 11.4. The molecule has 2 aromatic heterocycles. The second-order valence-corrected chi connectivity index (χ2v) is 26.3. The molecular weight excluding hydrogens is 1320 g/mol. The van der Waals surface area contributed by atoms with Crippen molar-refractivity contribution >= 4 is 99.9 Å². The van der Waals surface area contributed by atoms with Crippen LogP contribution in [0.2, 0.25) is 0 Å². The molecule has 0 saturated carbocycles. The topological polar surface area (TPSA) is 522 Å². The summed E-state index contributed by atoms with van der Waals surface area (Å²) >= 11 is 0.961. The molecule has 12 unspecified atom stereocenters. The Bertz CT molecular complexity index is 3310. The molecule has 33 nitrogen and oxygen atoms in total. The number of H-pyrrole nitrogens is 1. The molecule has 0 radical (unpaired) electrons. The summed E-state index contributed by atoms with van der Waals surface area (Å²) in [6.07, 6.45) is -0.129. The molecule has 1 aliphatic rings. The molecule has 1 aliphatic heterocycles. The summed E-state index contributed by atoms with van der Waals surface area (Å²) in [6, 6.07) is -7.32. The van der Waals surface area contributed by atoms with Gasteiger partial charge in [0, 0.05) is 49.0 Å². The molecule has 1 aromatic carbocycles. The summed E-state index contributed by atoms with van der Waals surface area (Å²) in [6.45, 7) is 13.5. The van der Waals surface area contributed by atoms with E-state index in [0.29, 0.717) is 12.0 Å². The Hall–Kier alpha value is -9.73. The van der Waals surface area contributed by atoms with Crippen molar-refractivity contribution in [3.05, 3.63) is 70.2 Å². The predicted octanol–water partition coefficient (Wildman–Crippen LogP) is -0.566. The second kappa shape index (κ2) is 41.6. The molecule has 4 rings (SSSR count). The van der Waals surface area contributed by atoms with Crippen LogP contribution >= 0.6 is 11.3 Å². The number of primary amides is 1. The smallest absolute Gasteiger partial charge is 0.305 e. The van der Waals surface area contributed by atoms with Crippen molar-refractivity contribution < 1.29 is 82.1 Å². The van der Waals surface area contributed by atoms with Gasteiger partial charge in [0.2, 0.25) is 65.0 Å². The van der Waals surface area contributed by atoms with Crippen LogP contribution in [0.4, 0.5) is 0 Å². The maximum absolute atomic E-state index is 14.9. The minimum absolute atomic E-state index is 0.00921. The molecule has 1 fully saturated rings. The van der Waals surface area contributed by atoms with E-state index in [1.807, 2.05) is 6.92 Å². The van der Waals surface area contributed by atoms with E-state index in [2.05, 4.69) is 73.4 Å². The van der Waals surface area contributed by atoms with Crippen molar-refractivity contribution in [3.63, 3.8) is 0 Å². The van der Waals surface area contributed by atoms with Gasteiger partial charge in [-0.2, -0.15) is 0 Å². The SMILES string of the molecule is CCC(C)C(NC(=O)C(CCC(=O)O)NC(=O)C(CC(C)C)NC(=O)c1csc(C(=O)[C@@H](C)CC)n1)C(=O)NC1CCCCNC(=O)C(CC(N)=O)NC(=O)C(CC(=O)O)NC(=O)C(Cc2cnc[nH]2)NC(=O)C(Cc2ccccc2)NC(=O)C(C(C)CC)NC(=O)C(CCCN)NC1=O. The van der Waals surface area contributed by atoms with E-state index in [0.717, 1.165) is 11.3 Å². The third kappa shape index (κ3) is 27.2. The number of hydrogen-bond acceptors (Lipinski definition) is 19. The molecule has 3 heterocycles. The number of ketones is 1. The normalized spacial score (nSPS) is 21.3. The van der Waals surface area contributed by atoms with Crippen LogP contribution in [-0.4, -0.2) is 187 Å². The Morgan fingerprint density at radius 3 is 1.86 bits per heavy atom. The van der Waals surface area contributed by atoms with E-state index in [1.165, 1.54) is 17.9 Å². The molecule has 13 atom stereocenters. The summed E-state index contributed by atoms with van der Waals surface area (Å²) in [5, 5.41) is 49.6. The molecule has 12 amide bonds. The number of carboxylic acid groups (broad SMARTS) is 2. The number of Topliss-reactive ketones (excluding diaryl/α,β-unsaturated/α-hetero) is 1. The van der Waals surface area contributed by atoms with Gasteiger partial charge in [-0.25, -0.2) is 9.97 Å². The quantitative estimate of drug-likeness (QED) is 0.0359. The lowest BCUT2D eigenvalue weighted by molar-refractivity contribution is -0.142. The number of imidazole rings is 1. The highest BCUT2D eigenvalue weighted by Crippen LogP contribution is 2.19. The third-order valence-electron chi connectivity index (χ3n) is 17.0. The molecule has 0 bridgehead atoms. The van der Waals surface area contributed by atoms with Gasteiger partial charge in [0.25, 0.3) is 5.91 Å². The van der Waals surface area contributed by atoms with Crippen molar-refractivity contribution in [2.24, 2.45) is 35.1 Å². The Balaban J connectivity index is 1.78. The highest BCUT2D eigenvalue weighted by atomic mass is 32.1. The summed E-state index contributed by atoms with van der Waals surface area (Å²) < 4.78 is 0. The molecule has 0 aliphatic carbocycles. The van der Waals surface area contributed by atoms with Crippen molar-refractivity contribution in [1.82, 2.24) is 73.4 Å². The van der Waals surface area contributed by atoms with Crippen LogP contribution < -0.4 is 70.0 Å². The number of benzene rings is 1. The Kier molecular flexibility index (Phi) is 34.4. The first-order chi connectivity index (χ1) is 47.4. The van der Waals surface area contributed by atoms with E-state index in [-0.39, 0.29) is 111 Å². The van der Waals surface area contributed by atoms with Crippen LogP contribution in [0.5, 0.6) is 0 Å². The first kappa shape index (κ1) is 82.7. The van der Waals surface area contributed by atoms with Gasteiger partial charge in [0.1, 0.15) is 66.1 Å². The van der Waals surface area contributed by atoms with E-state index < -0.39 is 181 Å². The van der Waals surface area contributed by atoms with Gasteiger partial charge < -0.3 is 85.1 Å². The molecule has 550 valence electrons. The minimum atomic E-state index is -1.95. The van der Waals surface area contributed by atoms with E-state index >= 15 is 0 Å². The van der Waals surface area contributed by atoms with Crippen LogP contribution in [-0.2, 0) is 75.2 Å². The van der Waals surface area contributed by atoms with Gasteiger partial charge in [0.05, 0.1) is 19.2 Å². The van der Waals surface area contributed by atoms with Crippen LogP contribution in [0, 0.1) is 23.7 Å². The number of carbonyl (C=O) groups excluding carboxylic acids is 13. The zero-order chi connectivity index (χ0) is 74.3. The molecule has 1 saturated heterocycles. The average molecular weight is 1420 g/mol. The Morgan fingerprint density at radius 1 is 0.660 bits per heavy atom. The highest BCUT2D eigenvalue weighted by molar-refractivity contribution is 7.12. The lowest BCUT2D eigenvalue weighted by atomic mass is 9.96. The molecule has 0 spiro atoms. The molecule has 3 aromatic rings. The zero-order valence-electron chi connectivity index (χ0n) is 57.7. The van der Waals surface area contributed by atoms with Gasteiger partial charge in [-0.1, -0.05) is 98.6 Å². The van der Waals surface area contributed by atoms with Crippen molar-refractivity contribution in [3.8, 4) is 0 Å². The number of carbonyl (C=O) groups is 15. The standard InChI is InChI=1S/C66H98N16O17S/c1-9-35(6)52(82-58(92)42(22-23-50(84)85)73-59(93)43(26-34(4)5)75-63(97)48-32-100-66(80-48)54(88)37(8)11-3)64(98)74-40-20-15-16-25-70-55(89)46(29-49(68)83)77-62(96)47(30-51(86)87)78-61(95)45(28-39-31-69-33-71-39)76-60(94)44(27-38-18-13-12-14-19-38)79-65(99)53(36(7)10-2)81-57(91)41(21-17-24-67)72-56(40)90/h12-14,18-19,31-37,40-47,52-53H,9-11,15-17,20-30,67H2,1-8H3,(H2,68,83)(H,69,71)(H,70,89)(H,72,90)(H,73,93)(H,74,98)(H,75,97)(H,76,94)(H,77,96)(H,78,95)(H,79,99)(H,81,91)(H,82,92)(H,84,85)(H,86,87)/t35?,36?,37-,40?,41?,42?,43?,44?,45?,46?,47?,52?,53?/m0/s1. The predicted molar refractivity (Wildman–Crippen MR) is 363 cm³/mol. The third-order valence-corrected chi connectivity index (χ3v) is 17.8. The number of amides is 12. The highest BCUT2D eigenvalue weighted by Gasteiger charge is 2.39. The van der Waals surface area contributed by atoms with Gasteiger partial charge in [-0.3, -0.25) is 71.9 Å². The number of rotatable bonds is 31. The van der Waals surface area contributed by atoms with Crippen molar-refractivity contribution in [2.45, 2.75) is 212 Å². The van der Waals surface area contributed by atoms with Crippen LogP contribution in [0.25, 0.3) is 0 Å². The Morgan fingerprint density at radius 2 is 1.27 bits per heavy atom. The number of nitrogens with one attached hydrogen (secondary N) is 12. The number of carboxylic acids is 2. The monoisotopic (exact) mass is 1420 g/mol. The minimum Gasteiger partial charge on any atom is -0.481 e. The number of thiazole rings is 1. The fraction of sp³-hybridized carbons (Fsp3) is 0.591. The fourth-order valence-electron chi connectivity index (χ4n) is 10.5. The number of aromatic nitrogens is 3. The van der Waals surface area contributed by atoms with E-state index in [1.54, 1.807) is 78.8 Å². The average Bonchev–Trinajstić information content (AvgIpc) is 1.41. The van der Waals surface area contributed by atoms with E-state index in [9.17, 15) is 82.1 Å². The largest absolute Gasteiger partial charge is 0.481 e. The molecule has 34 heteroatoms. The van der Waals surface area contributed by atoms with Gasteiger partial charge in [-0.05, 0) is 81.2 Å². The Labute approximate surface area is 583 Å². The summed E-state index contributed by atoms with van der Waals surface area (Å²) in [5.41, 5.74) is 12.1. The summed E-state index contributed by atoms with van der Waals surface area (Å²) in [7, 11) is 0. The molecule has 100 heavy (non-hydrogen) atoms. The summed E-state index contributed by atoms with van der Waals surface area (Å²) in [4.78, 5) is 219. The van der Waals surface area contributed by atoms with Crippen LogP contribution in [0.3, 0.4) is 0 Å². The second-order valence-electron chi connectivity index (χ2n) is 25.4. The maximum Gasteiger partial charge on any atom is 0.305 e. The number of aromatic amines is 1. The lowest BCUT2D eigenvalue weighted by Crippen LogP contribution is -2.62. The van der Waals surface area contributed by atoms with E-state index in [4.69, 9.17) is 11.5 Å². The van der Waals surface area contributed by atoms with Gasteiger partial charge >= 0.3 is 11.9 Å². The lowest BCUT2D eigenvalue weighted by Gasteiger charge is -2.30. The number of nitrogens with zero attached hydrogens (tertiary/aromatic N) is 2. The molecular formula is C66H98N16O17S. The van der Waals surface area contributed by atoms with Gasteiger partial charge in [-0.15, -0.1) is 11.3 Å². The summed E-state index contributed by atoms with van der Waals surface area (Å²) in [5.74, 6) is -16.9. The van der Waals surface area contributed by atoms with Crippen molar-refractivity contribution in [2.75, 3.05) is 13.1 Å². The van der Waals surface area contributed by atoms with Crippen molar-refractivity contribution in [1.29, 1.82) is 0 Å². The number of aliphatic carboxylic acids is 2. The molecule has 18 N–H and O–H groups in total. The van der Waals surface area contributed by atoms with Gasteiger partial charge in [0.15, 0.2) is 10.8 Å². The maximum atomic E-state index is 14.9. The zero-order valence-corrected chi connectivity index (χ0v) is 58.5. The van der Waals surface area contributed by atoms with Crippen LogP contribution in [0.15, 0.2) is 48.2 Å². The number of nitrogens with two attached hydrogens (primary N) is 2. The van der Waals surface area contributed by atoms with Crippen LogP contribution in [0.1, 0.15) is 170 Å². The number of hydrogen-bond donors (Lipinski definition) is 16.